The molecule has 0 spiro atoms. The molecule has 0 aromatic carbocycles. The van der Waals surface area contributed by atoms with E-state index in [0.29, 0.717) is 11.3 Å². The SMILES string of the molecule is C=C1C(C(C)C#N)C2SCC(C)=C(C)N12. The smallest absolute Gasteiger partial charge is 0.0891 e. The molecule has 1 fully saturated rings. The molecule has 0 aromatic heterocycles. The maximum absolute atomic E-state index is 8.97. The zero-order valence-electron chi connectivity index (χ0n) is 9.45. The summed E-state index contributed by atoms with van der Waals surface area (Å²) in [5, 5.41) is 9.42. The van der Waals surface area contributed by atoms with Gasteiger partial charge in [-0.15, -0.1) is 11.8 Å². The summed E-state index contributed by atoms with van der Waals surface area (Å²) in [5.74, 6) is 1.52. The molecule has 0 aliphatic carbocycles. The highest BCUT2D eigenvalue weighted by Crippen LogP contribution is 2.51. The third-order valence-corrected chi connectivity index (χ3v) is 4.89. The Balaban J connectivity index is 2.23. The first-order chi connectivity index (χ1) is 7.07. The Hall–Kier alpha value is -0.880. The number of hydrogen-bond acceptors (Lipinski definition) is 3. The van der Waals surface area contributed by atoms with Gasteiger partial charge in [0.15, 0.2) is 0 Å². The zero-order chi connectivity index (χ0) is 11.2. The largest absolute Gasteiger partial charge is 0.336 e. The van der Waals surface area contributed by atoms with Crippen LogP contribution in [0.3, 0.4) is 0 Å². The van der Waals surface area contributed by atoms with Gasteiger partial charge in [-0.05, 0) is 26.3 Å². The summed E-state index contributed by atoms with van der Waals surface area (Å²) in [6.07, 6.45) is 0. The predicted molar refractivity (Wildman–Crippen MR) is 63.9 cm³/mol. The number of hydrogen-bond donors (Lipinski definition) is 0. The Morgan fingerprint density at radius 2 is 2.27 bits per heavy atom. The van der Waals surface area contributed by atoms with E-state index in [1.54, 1.807) is 0 Å². The third kappa shape index (κ3) is 1.39. The highest BCUT2D eigenvalue weighted by molar-refractivity contribution is 8.00. The van der Waals surface area contributed by atoms with Gasteiger partial charge >= 0.3 is 0 Å². The molecule has 0 amide bonds. The summed E-state index contributed by atoms with van der Waals surface area (Å²) in [7, 11) is 0. The normalized spacial score (nSPS) is 31.9. The average Bonchev–Trinajstić information content (AvgIpc) is 2.21. The van der Waals surface area contributed by atoms with Crippen LogP contribution in [0.15, 0.2) is 23.5 Å². The van der Waals surface area contributed by atoms with Crippen molar-refractivity contribution in [3.05, 3.63) is 23.5 Å². The molecule has 0 N–H and O–H groups in total. The number of fused-ring (bicyclic) bond motifs is 1. The Kier molecular flexibility index (Phi) is 2.56. The van der Waals surface area contributed by atoms with Crippen LogP contribution in [0.1, 0.15) is 20.8 Å². The van der Waals surface area contributed by atoms with Gasteiger partial charge in [0.1, 0.15) is 0 Å². The second kappa shape index (κ2) is 3.61. The van der Waals surface area contributed by atoms with Crippen molar-refractivity contribution in [1.82, 2.24) is 4.90 Å². The summed E-state index contributed by atoms with van der Waals surface area (Å²) < 4.78 is 0. The van der Waals surface area contributed by atoms with Gasteiger partial charge in [0.2, 0.25) is 0 Å². The van der Waals surface area contributed by atoms with E-state index >= 15 is 0 Å². The highest BCUT2D eigenvalue weighted by Gasteiger charge is 2.48. The summed E-state index contributed by atoms with van der Waals surface area (Å²) in [6, 6.07) is 2.34. The van der Waals surface area contributed by atoms with Crippen LogP contribution < -0.4 is 0 Å². The zero-order valence-corrected chi connectivity index (χ0v) is 10.3. The average molecular weight is 220 g/mol. The van der Waals surface area contributed by atoms with Crippen LogP contribution in [0, 0.1) is 23.2 Å². The molecule has 15 heavy (non-hydrogen) atoms. The quantitative estimate of drug-likeness (QED) is 0.680. The Labute approximate surface area is 95.6 Å². The summed E-state index contributed by atoms with van der Waals surface area (Å²) in [4.78, 5) is 2.29. The molecule has 3 atom stereocenters. The highest BCUT2D eigenvalue weighted by atomic mass is 32.2. The summed E-state index contributed by atoms with van der Waals surface area (Å²) in [6.45, 7) is 10.4. The van der Waals surface area contributed by atoms with E-state index in [0.717, 1.165) is 11.4 Å². The lowest BCUT2D eigenvalue weighted by molar-refractivity contribution is 0.162. The lowest BCUT2D eigenvalue weighted by atomic mass is 9.83. The van der Waals surface area contributed by atoms with Crippen molar-refractivity contribution in [2.24, 2.45) is 11.8 Å². The third-order valence-electron chi connectivity index (χ3n) is 3.45. The van der Waals surface area contributed by atoms with Crippen LogP contribution in [0.25, 0.3) is 0 Å². The maximum atomic E-state index is 8.97. The number of rotatable bonds is 1. The van der Waals surface area contributed by atoms with Crippen molar-refractivity contribution < 1.29 is 0 Å². The van der Waals surface area contributed by atoms with E-state index in [1.165, 1.54) is 11.3 Å². The van der Waals surface area contributed by atoms with Gasteiger partial charge in [-0.1, -0.05) is 6.58 Å². The number of thioether (sulfide) groups is 1. The van der Waals surface area contributed by atoms with Gasteiger partial charge < -0.3 is 4.90 Å². The fourth-order valence-electron chi connectivity index (χ4n) is 2.29. The molecule has 0 aromatic rings. The molecule has 1 saturated heterocycles. The number of nitriles is 1. The first kappa shape index (κ1) is 10.6. The molecule has 2 rings (SSSR count). The van der Waals surface area contributed by atoms with Gasteiger partial charge in [-0.2, -0.15) is 5.26 Å². The molecule has 3 unspecified atom stereocenters. The van der Waals surface area contributed by atoms with Crippen LogP contribution in [0.4, 0.5) is 0 Å². The molecule has 2 nitrogen and oxygen atoms in total. The van der Waals surface area contributed by atoms with Gasteiger partial charge in [-0.3, -0.25) is 0 Å². The fraction of sp³-hybridized carbons (Fsp3) is 0.583. The molecule has 0 bridgehead atoms. The fourth-order valence-corrected chi connectivity index (χ4v) is 3.96. The lowest BCUT2D eigenvalue weighted by Crippen LogP contribution is -2.54. The van der Waals surface area contributed by atoms with E-state index in [9.17, 15) is 0 Å². The molecule has 2 aliphatic rings. The molecular weight excluding hydrogens is 204 g/mol. The Morgan fingerprint density at radius 3 is 2.87 bits per heavy atom. The standard InChI is InChI=1S/C12H16N2S/c1-7(5-13)11-10(4)14-9(3)8(2)6-15-12(11)14/h7,11-12H,4,6H2,1-3H3. The van der Waals surface area contributed by atoms with E-state index < -0.39 is 0 Å². The second-order valence-corrected chi connectivity index (χ2v) is 5.48. The molecular formula is C12H16N2S. The minimum atomic E-state index is 0.0810. The van der Waals surface area contributed by atoms with Crippen molar-refractivity contribution >= 4 is 11.8 Å². The van der Waals surface area contributed by atoms with Crippen molar-refractivity contribution in [2.75, 3.05) is 5.75 Å². The Bertz CT molecular complexity index is 378. The van der Waals surface area contributed by atoms with Gasteiger partial charge in [0, 0.05) is 23.1 Å². The summed E-state index contributed by atoms with van der Waals surface area (Å²) in [5.41, 5.74) is 3.89. The van der Waals surface area contributed by atoms with E-state index in [2.05, 4.69) is 31.4 Å². The van der Waals surface area contributed by atoms with Crippen LogP contribution in [0.2, 0.25) is 0 Å². The molecule has 3 heteroatoms. The minimum absolute atomic E-state index is 0.0810. The lowest BCUT2D eigenvalue weighted by Gasteiger charge is -2.55. The summed E-state index contributed by atoms with van der Waals surface area (Å²) >= 11 is 1.94. The van der Waals surface area contributed by atoms with Crippen molar-refractivity contribution in [3.63, 3.8) is 0 Å². The van der Waals surface area contributed by atoms with Gasteiger partial charge in [-0.25, -0.2) is 0 Å². The van der Waals surface area contributed by atoms with Gasteiger partial charge in [0.05, 0.1) is 17.4 Å². The second-order valence-electron chi connectivity index (χ2n) is 4.37. The molecule has 2 aliphatic heterocycles. The molecule has 80 valence electrons. The van der Waals surface area contributed by atoms with E-state index in [-0.39, 0.29) is 5.92 Å². The van der Waals surface area contributed by atoms with Crippen LogP contribution >= 0.6 is 11.8 Å². The molecule has 2 heterocycles. The number of allylic oxidation sites excluding steroid dienone is 1. The monoisotopic (exact) mass is 220 g/mol. The van der Waals surface area contributed by atoms with Crippen LogP contribution in [-0.4, -0.2) is 16.0 Å². The van der Waals surface area contributed by atoms with Crippen molar-refractivity contribution in [2.45, 2.75) is 26.1 Å². The van der Waals surface area contributed by atoms with Crippen molar-refractivity contribution in [3.8, 4) is 6.07 Å². The maximum Gasteiger partial charge on any atom is 0.0891 e. The molecule has 0 radical (unpaired) electrons. The predicted octanol–water partition coefficient (Wildman–Crippen LogP) is 2.96. The van der Waals surface area contributed by atoms with Gasteiger partial charge in [0.25, 0.3) is 0 Å². The first-order valence-corrected chi connectivity index (χ1v) is 6.28. The van der Waals surface area contributed by atoms with Crippen LogP contribution in [0.5, 0.6) is 0 Å². The first-order valence-electron chi connectivity index (χ1n) is 5.23. The molecule has 0 saturated carbocycles. The van der Waals surface area contributed by atoms with Crippen LogP contribution in [-0.2, 0) is 0 Å². The van der Waals surface area contributed by atoms with Crippen molar-refractivity contribution in [1.29, 1.82) is 5.26 Å². The topological polar surface area (TPSA) is 27.0 Å². The minimum Gasteiger partial charge on any atom is -0.336 e. The Morgan fingerprint density at radius 1 is 1.60 bits per heavy atom. The van der Waals surface area contributed by atoms with E-state index in [4.69, 9.17) is 5.26 Å². The van der Waals surface area contributed by atoms with E-state index in [1.807, 2.05) is 18.7 Å². The number of nitrogens with zero attached hydrogens (tertiary/aromatic N) is 2.